The zero-order chi connectivity index (χ0) is 26.3. The van der Waals surface area contributed by atoms with Gasteiger partial charge in [-0.25, -0.2) is 10.0 Å². The standard InChI is InChI=1S/C24H24N2O10/c1-35-13-7-3-11(4-8-13)17-15(21(27)28)19(23(31)32)26-18(12-5-9-14(36-2)10-6-12)16(22(29)30)20(24(33)34)25(17)26/h3-10,15-20H,1-2H3,(H,27,28)(H,29,30)(H,31,32)(H,33,34)/t15-,16+,17-,18-,19-,20-/m1/s1. The minimum absolute atomic E-state index is 0.308. The van der Waals surface area contributed by atoms with Gasteiger partial charge in [-0.2, -0.15) is 0 Å². The summed E-state index contributed by atoms with van der Waals surface area (Å²) < 4.78 is 10.3. The maximum absolute atomic E-state index is 12.5. The molecule has 2 aliphatic rings. The summed E-state index contributed by atoms with van der Waals surface area (Å²) in [5.41, 5.74) is 0.616. The quantitative estimate of drug-likeness (QED) is 0.410. The number of hydrogen-bond acceptors (Lipinski definition) is 8. The first-order valence-electron chi connectivity index (χ1n) is 10.9. The van der Waals surface area contributed by atoms with E-state index in [1.165, 1.54) is 62.8 Å². The van der Waals surface area contributed by atoms with Crippen molar-refractivity contribution >= 4 is 23.9 Å². The molecule has 0 aromatic heterocycles. The summed E-state index contributed by atoms with van der Waals surface area (Å²) in [5, 5.41) is 42.8. The van der Waals surface area contributed by atoms with E-state index >= 15 is 0 Å². The van der Waals surface area contributed by atoms with Gasteiger partial charge in [-0.05, 0) is 35.4 Å². The molecule has 2 aromatic rings. The lowest BCUT2D eigenvalue weighted by Gasteiger charge is -2.32. The van der Waals surface area contributed by atoms with Gasteiger partial charge in [0.2, 0.25) is 0 Å². The zero-order valence-electron chi connectivity index (χ0n) is 19.2. The molecule has 4 rings (SSSR count). The highest BCUT2D eigenvalue weighted by Crippen LogP contribution is 2.55. The number of ether oxygens (including phenoxy) is 2. The van der Waals surface area contributed by atoms with Crippen LogP contribution in [0, 0.1) is 11.8 Å². The summed E-state index contributed by atoms with van der Waals surface area (Å²) in [6.45, 7) is 0. The number of fused-ring (bicyclic) bond motifs is 1. The Morgan fingerprint density at radius 2 is 0.889 bits per heavy atom. The maximum Gasteiger partial charge on any atom is 0.323 e. The van der Waals surface area contributed by atoms with E-state index in [-0.39, 0.29) is 0 Å². The van der Waals surface area contributed by atoms with Crippen LogP contribution >= 0.6 is 0 Å². The van der Waals surface area contributed by atoms with Crippen LogP contribution in [-0.4, -0.2) is 80.6 Å². The smallest absolute Gasteiger partial charge is 0.323 e. The fourth-order valence-corrected chi connectivity index (χ4v) is 5.32. The van der Waals surface area contributed by atoms with Crippen molar-refractivity contribution in [2.24, 2.45) is 11.8 Å². The Hall–Kier alpha value is -4.16. The number of nitrogens with zero attached hydrogens (tertiary/aromatic N) is 2. The lowest BCUT2D eigenvalue weighted by atomic mass is 9.82. The van der Waals surface area contributed by atoms with Crippen molar-refractivity contribution in [3.8, 4) is 11.5 Å². The summed E-state index contributed by atoms with van der Waals surface area (Å²) in [6.07, 6.45) is 0. The number of carbonyl (C=O) groups is 4. The molecule has 2 saturated heterocycles. The van der Waals surface area contributed by atoms with E-state index in [9.17, 15) is 39.6 Å². The lowest BCUT2D eigenvalue weighted by Crippen LogP contribution is -2.46. The molecule has 6 atom stereocenters. The van der Waals surface area contributed by atoms with Gasteiger partial charge in [0.15, 0.2) is 0 Å². The molecule has 0 bridgehead atoms. The minimum atomic E-state index is -1.74. The molecule has 2 aromatic carbocycles. The molecular weight excluding hydrogens is 476 g/mol. The molecule has 0 amide bonds. The maximum atomic E-state index is 12.5. The van der Waals surface area contributed by atoms with E-state index in [2.05, 4.69) is 0 Å². The van der Waals surface area contributed by atoms with Crippen LogP contribution in [0.4, 0.5) is 0 Å². The highest BCUT2D eigenvalue weighted by molar-refractivity contribution is 5.88. The minimum Gasteiger partial charge on any atom is -0.497 e. The molecular formula is C24H24N2O10. The van der Waals surface area contributed by atoms with Crippen LogP contribution in [0.2, 0.25) is 0 Å². The van der Waals surface area contributed by atoms with Gasteiger partial charge in [-0.15, -0.1) is 0 Å². The Bertz CT molecular complexity index is 1090. The molecule has 12 heteroatoms. The molecule has 0 spiro atoms. The molecule has 0 saturated carbocycles. The number of carboxylic acids is 4. The summed E-state index contributed by atoms with van der Waals surface area (Å²) >= 11 is 0. The monoisotopic (exact) mass is 500 g/mol. The van der Waals surface area contributed by atoms with Crippen molar-refractivity contribution in [1.82, 2.24) is 10.0 Å². The molecule has 0 unspecified atom stereocenters. The second kappa shape index (κ2) is 9.47. The van der Waals surface area contributed by atoms with Gasteiger partial charge < -0.3 is 29.9 Å². The Kier molecular flexibility index (Phi) is 6.57. The number of aliphatic carboxylic acids is 4. The lowest BCUT2D eigenvalue weighted by molar-refractivity contribution is -0.156. The molecule has 190 valence electrons. The van der Waals surface area contributed by atoms with Gasteiger partial charge in [0.05, 0.1) is 26.3 Å². The van der Waals surface area contributed by atoms with E-state index in [0.29, 0.717) is 22.6 Å². The first kappa shape index (κ1) is 24.9. The number of benzene rings is 2. The third kappa shape index (κ3) is 3.89. The highest BCUT2D eigenvalue weighted by atomic mass is 16.5. The highest BCUT2D eigenvalue weighted by Gasteiger charge is 2.68. The van der Waals surface area contributed by atoms with Crippen LogP contribution in [0.5, 0.6) is 11.5 Å². The first-order chi connectivity index (χ1) is 17.1. The Morgan fingerprint density at radius 3 is 1.11 bits per heavy atom. The Labute approximate surface area is 204 Å². The summed E-state index contributed by atoms with van der Waals surface area (Å²) in [5.74, 6) is -8.25. The van der Waals surface area contributed by atoms with Gasteiger partial charge in [0.25, 0.3) is 0 Å². The normalized spacial score (nSPS) is 27.8. The summed E-state index contributed by atoms with van der Waals surface area (Å²) in [6, 6.07) is 6.15. The van der Waals surface area contributed by atoms with Crippen molar-refractivity contribution in [2.45, 2.75) is 24.2 Å². The molecule has 4 N–H and O–H groups in total. The van der Waals surface area contributed by atoms with E-state index in [1.54, 1.807) is 0 Å². The Morgan fingerprint density at radius 1 is 0.583 bits per heavy atom. The van der Waals surface area contributed by atoms with Crippen LogP contribution in [0.3, 0.4) is 0 Å². The number of rotatable bonds is 8. The summed E-state index contributed by atoms with van der Waals surface area (Å²) in [4.78, 5) is 49.9. The van der Waals surface area contributed by atoms with Gasteiger partial charge >= 0.3 is 23.9 Å². The number of carboxylic acid groups (broad SMARTS) is 4. The van der Waals surface area contributed by atoms with Crippen LogP contribution < -0.4 is 9.47 Å². The van der Waals surface area contributed by atoms with Crippen LogP contribution in [0.15, 0.2) is 48.5 Å². The third-order valence-electron chi connectivity index (χ3n) is 6.76. The summed E-state index contributed by atoms with van der Waals surface area (Å²) in [7, 11) is 2.87. The largest absolute Gasteiger partial charge is 0.497 e. The van der Waals surface area contributed by atoms with Crippen LogP contribution in [0.1, 0.15) is 23.2 Å². The van der Waals surface area contributed by atoms with E-state index in [1.807, 2.05) is 0 Å². The average molecular weight is 500 g/mol. The van der Waals surface area contributed by atoms with E-state index in [0.717, 1.165) is 10.0 Å². The molecule has 0 radical (unpaired) electrons. The van der Waals surface area contributed by atoms with Crippen molar-refractivity contribution < 1.29 is 49.1 Å². The number of hydrogen-bond donors (Lipinski definition) is 4. The van der Waals surface area contributed by atoms with Gasteiger partial charge in [-0.3, -0.25) is 19.2 Å². The molecule has 36 heavy (non-hydrogen) atoms. The topological polar surface area (TPSA) is 174 Å². The van der Waals surface area contributed by atoms with Gasteiger partial charge in [-0.1, -0.05) is 24.3 Å². The SMILES string of the molecule is COc1ccc([C@@H]2[C@H](C(=O)O)[C@H](C(=O)O)N3[C@H](c4ccc(OC)cc4)[C@@H](C(=O)O)[C@H](C(=O)O)N23)cc1. The fourth-order valence-electron chi connectivity index (χ4n) is 5.32. The van der Waals surface area contributed by atoms with E-state index < -0.39 is 59.9 Å². The molecule has 0 aliphatic carbocycles. The Balaban J connectivity index is 1.97. The van der Waals surface area contributed by atoms with Gasteiger partial charge in [0, 0.05) is 0 Å². The molecule has 12 nitrogen and oxygen atoms in total. The zero-order valence-corrected chi connectivity index (χ0v) is 19.2. The first-order valence-corrected chi connectivity index (χ1v) is 10.9. The van der Waals surface area contributed by atoms with Crippen LogP contribution in [0.25, 0.3) is 0 Å². The second-order valence-corrected chi connectivity index (χ2v) is 8.49. The number of methoxy groups -OCH3 is 2. The van der Waals surface area contributed by atoms with Crippen molar-refractivity contribution in [1.29, 1.82) is 0 Å². The second-order valence-electron chi connectivity index (χ2n) is 8.49. The van der Waals surface area contributed by atoms with Crippen molar-refractivity contribution in [2.75, 3.05) is 14.2 Å². The fraction of sp³-hybridized carbons (Fsp3) is 0.333. The molecule has 2 heterocycles. The third-order valence-corrected chi connectivity index (χ3v) is 6.76. The van der Waals surface area contributed by atoms with Crippen molar-refractivity contribution in [3.05, 3.63) is 59.7 Å². The van der Waals surface area contributed by atoms with E-state index in [4.69, 9.17) is 9.47 Å². The van der Waals surface area contributed by atoms with Gasteiger partial charge in [0.1, 0.15) is 35.4 Å². The molecule has 2 fully saturated rings. The predicted octanol–water partition coefficient (Wildman–Crippen LogP) is 1.34. The average Bonchev–Trinajstić information content (AvgIpc) is 3.37. The predicted molar refractivity (Wildman–Crippen MR) is 120 cm³/mol. The number of hydrazine groups is 1. The van der Waals surface area contributed by atoms with Crippen LogP contribution in [-0.2, 0) is 19.2 Å². The van der Waals surface area contributed by atoms with Crippen molar-refractivity contribution in [3.63, 3.8) is 0 Å². The molecule has 2 aliphatic heterocycles.